The summed E-state index contributed by atoms with van der Waals surface area (Å²) in [5.41, 5.74) is 0. The molecule has 102 valence electrons. The van der Waals surface area contributed by atoms with Crippen LogP contribution in [0.25, 0.3) is 0 Å². The maximum atomic E-state index is 12.1. The van der Waals surface area contributed by atoms with Crippen molar-refractivity contribution < 1.29 is 9.53 Å². The summed E-state index contributed by atoms with van der Waals surface area (Å²) < 4.78 is 5.30. The highest BCUT2D eigenvalue weighted by Gasteiger charge is 2.39. The number of rotatable bonds is 3. The Labute approximate surface area is 110 Å². The monoisotopic (exact) mass is 251 g/mol. The topological polar surface area (TPSA) is 38.3 Å². The van der Waals surface area contributed by atoms with Crippen molar-refractivity contribution in [2.45, 2.75) is 44.9 Å². The standard InChI is InChI=1S/C15H25NO2/c17-15(12-6-8-18-9-7-12)16-10-13-5-4-11-2-1-3-14(11)13/h11-14H,1-10H2,(H,16,17)/t11-,13+,14-/m0/s1. The number of hydrogen-bond donors (Lipinski definition) is 1. The lowest BCUT2D eigenvalue weighted by Gasteiger charge is -2.24. The predicted octanol–water partition coefficient (Wildman–Crippen LogP) is 2.36. The van der Waals surface area contributed by atoms with Gasteiger partial charge >= 0.3 is 0 Å². The van der Waals surface area contributed by atoms with Crippen LogP contribution in [0, 0.1) is 23.7 Å². The predicted molar refractivity (Wildman–Crippen MR) is 70.1 cm³/mol. The summed E-state index contributed by atoms with van der Waals surface area (Å²) >= 11 is 0. The van der Waals surface area contributed by atoms with Crippen LogP contribution in [0.1, 0.15) is 44.9 Å². The Balaban J connectivity index is 1.44. The molecule has 0 spiro atoms. The van der Waals surface area contributed by atoms with Crippen LogP contribution < -0.4 is 5.32 Å². The molecule has 3 fully saturated rings. The Bertz CT molecular complexity index is 299. The molecule has 2 aliphatic carbocycles. The van der Waals surface area contributed by atoms with Crippen molar-refractivity contribution in [1.82, 2.24) is 5.32 Å². The number of carbonyl (C=O) groups is 1. The molecule has 0 bridgehead atoms. The average Bonchev–Trinajstić information content (AvgIpc) is 3.00. The number of hydrogen-bond acceptors (Lipinski definition) is 2. The van der Waals surface area contributed by atoms with Gasteiger partial charge in [-0.05, 0) is 49.9 Å². The highest BCUT2D eigenvalue weighted by molar-refractivity contribution is 5.78. The Kier molecular flexibility index (Phi) is 3.88. The lowest BCUT2D eigenvalue weighted by Crippen LogP contribution is -2.37. The van der Waals surface area contributed by atoms with E-state index < -0.39 is 0 Å². The molecule has 3 atom stereocenters. The second-order valence-electron chi connectivity index (χ2n) is 6.32. The van der Waals surface area contributed by atoms with Gasteiger partial charge in [-0.3, -0.25) is 4.79 Å². The zero-order valence-corrected chi connectivity index (χ0v) is 11.2. The molecule has 0 unspecified atom stereocenters. The minimum absolute atomic E-state index is 0.208. The number of carbonyl (C=O) groups excluding carboxylic acids is 1. The van der Waals surface area contributed by atoms with Crippen molar-refractivity contribution in [3.05, 3.63) is 0 Å². The van der Waals surface area contributed by atoms with Crippen LogP contribution in [0.4, 0.5) is 0 Å². The van der Waals surface area contributed by atoms with E-state index in [1.54, 1.807) is 0 Å². The second kappa shape index (κ2) is 5.60. The van der Waals surface area contributed by atoms with Crippen LogP contribution in [0.5, 0.6) is 0 Å². The van der Waals surface area contributed by atoms with Gasteiger partial charge < -0.3 is 10.1 Å². The smallest absolute Gasteiger partial charge is 0.223 e. The molecule has 1 heterocycles. The zero-order chi connectivity index (χ0) is 12.4. The van der Waals surface area contributed by atoms with Crippen molar-refractivity contribution in [2.24, 2.45) is 23.7 Å². The summed E-state index contributed by atoms with van der Waals surface area (Å²) in [7, 11) is 0. The van der Waals surface area contributed by atoms with E-state index in [1.165, 1.54) is 32.1 Å². The maximum absolute atomic E-state index is 12.1. The van der Waals surface area contributed by atoms with E-state index >= 15 is 0 Å². The van der Waals surface area contributed by atoms with Crippen molar-refractivity contribution >= 4 is 5.91 Å². The molecule has 0 aromatic rings. The fourth-order valence-corrected chi connectivity index (χ4v) is 4.28. The van der Waals surface area contributed by atoms with Gasteiger partial charge in [0.25, 0.3) is 0 Å². The van der Waals surface area contributed by atoms with Gasteiger partial charge in [0.15, 0.2) is 0 Å². The van der Waals surface area contributed by atoms with Gasteiger partial charge in [0.05, 0.1) is 0 Å². The molecule has 1 amide bonds. The van der Waals surface area contributed by atoms with Gasteiger partial charge in [0.1, 0.15) is 0 Å². The molecule has 1 saturated heterocycles. The first kappa shape index (κ1) is 12.5. The van der Waals surface area contributed by atoms with Crippen LogP contribution in [0.15, 0.2) is 0 Å². The van der Waals surface area contributed by atoms with E-state index in [0.717, 1.165) is 50.4 Å². The Morgan fingerprint density at radius 3 is 2.72 bits per heavy atom. The highest BCUT2D eigenvalue weighted by Crippen LogP contribution is 2.47. The quantitative estimate of drug-likeness (QED) is 0.836. The van der Waals surface area contributed by atoms with Crippen LogP contribution in [0.3, 0.4) is 0 Å². The third-order valence-corrected chi connectivity index (χ3v) is 5.36. The van der Waals surface area contributed by atoms with Crippen molar-refractivity contribution in [3.8, 4) is 0 Å². The first-order valence-corrected chi connectivity index (χ1v) is 7.70. The minimum atomic E-state index is 0.208. The van der Waals surface area contributed by atoms with Crippen LogP contribution in [0.2, 0.25) is 0 Å². The fraction of sp³-hybridized carbons (Fsp3) is 0.933. The van der Waals surface area contributed by atoms with Crippen molar-refractivity contribution in [1.29, 1.82) is 0 Å². The lowest BCUT2D eigenvalue weighted by molar-refractivity contribution is -0.128. The molecule has 3 rings (SSSR count). The first-order valence-electron chi connectivity index (χ1n) is 7.70. The largest absolute Gasteiger partial charge is 0.381 e. The molecular weight excluding hydrogens is 226 g/mol. The lowest BCUT2D eigenvalue weighted by atomic mass is 9.91. The molecule has 1 N–H and O–H groups in total. The van der Waals surface area contributed by atoms with E-state index in [-0.39, 0.29) is 11.8 Å². The van der Waals surface area contributed by atoms with Gasteiger partial charge in [-0.25, -0.2) is 0 Å². The molecule has 2 saturated carbocycles. The van der Waals surface area contributed by atoms with Crippen molar-refractivity contribution in [2.75, 3.05) is 19.8 Å². The molecule has 1 aliphatic heterocycles. The summed E-state index contributed by atoms with van der Waals surface area (Å²) in [6, 6.07) is 0. The van der Waals surface area contributed by atoms with E-state index in [4.69, 9.17) is 4.74 Å². The molecule has 3 nitrogen and oxygen atoms in total. The molecule has 3 heteroatoms. The third-order valence-electron chi connectivity index (χ3n) is 5.36. The molecule has 0 aromatic heterocycles. The average molecular weight is 251 g/mol. The van der Waals surface area contributed by atoms with Crippen molar-refractivity contribution in [3.63, 3.8) is 0 Å². The molecule has 0 aromatic carbocycles. The summed E-state index contributed by atoms with van der Waals surface area (Å²) in [5.74, 6) is 3.15. The zero-order valence-electron chi connectivity index (χ0n) is 11.2. The number of amides is 1. The maximum Gasteiger partial charge on any atom is 0.223 e. The summed E-state index contributed by atoms with van der Waals surface area (Å²) in [4.78, 5) is 12.1. The molecule has 3 aliphatic rings. The highest BCUT2D eigenvalue weighted by atomic mass is 16.5. The van der Waals surface area contributed by atoms with Crippen LogP contribution >= 0.6 is 0 Å². The Morgan fingerprint density at radius 2 is 1.89 bits per heavy atom. The first-order chi connectivity index (χ1) is 8.84. The van der Waals surface area contributed by atoms with Gasteiger partial charge in [0.2, 0.25) is 5.91 Å². The van der Waals surface area contributed by atoms with Gasteiger partial charge in [0, 0.05) is 25.7 Å². The molecule has 0 radical (unpaired) electrons. The number of fused-ring (bicyclic) bond motifs is 1. The second-order valence-corrected chi connectivity index (χ2v) is 6.32. The normalized spacial score (nSPS) is 36.6. The number of ether oxygens (including phenoxy) is 1. The van der Waals surface area contributed by atoms with Crippen LogP contribution in [-0.4, -0.2) is 25.7 Å². The van der Waals surface area contributed by atoms with E-state index in [1.807, 2.05) is 0 Å². The third kappa shape index (κ3) is 2.56. The summed E-state index contributed by atoms with van der Waals surface area (Å²) in [6.45, 7) is 2.44. The summed E-state index contributed by atoms with van der Waals surface area (Å²) in [5, 5.41) is 3.21. The van der Waals surface area contributed by atoms with E-state index in [0.29, 0.717) is 0 Å². The van der Waals surface area contributed by atoms with Gasteiger partial charge in [-0.15, -0.1) is 0 Å². The minimum Gasteiger partial charge on any atom is -0.381 e. The van der Waals surface area contributed by atoms with Crippen LogP contribution in [-0.2, 0) is 9.53 Å². The van der Waals surface area contributed by atoms with Gasteiger partial charge in [-0.2, -0.15) is 0 Å². The molecule has 18 heavy (non-hydrogen) atoms. The SMILES string of the molecule is O=C(NC[C@H]1CC[C@@H]2CCC[C@@H]21)C1CCOCC1. The number of nitrogens with one attached hydrogen (secondary N) is 1. The van der Waals surface area contributed by atoms with E-state index in [2.05, 4.69) is 5.32 Å². The Hall–Kier alpha value is -0.570. The fourth-order valence-electron chi connectivity index (χ4n) is 4.28. The summed E-state index contributed by atoms with van der Waals surface area (Å²) in [6.07, 6.45) is 8.81. The Morgan fingerprint density at radius 1 is 1.06 bits per heavy atom. The van der Waals surface area contributed by atoms with E-state index in [9.17, 15) is 4.79 Å². The van der Waals surface area contributed by atoms with Gasteiger partial charge in [-0.1, -0.05) is 12.8 Å². The molecular formula is C15H25NO2.